The summed E-state index contributed by atoms with van der Waals surface area (Å²) in [6.07, 6.45) is 0.632. The average Bonchev–Trinajstić information content (AvgIpc) is 3.19. The predicted molar refractivity (Wildman–Crippen MR) is 135 cm³/mol. The van der Waals surface area contributed by atoms with Crippen molar-refractivity contribution in [2.75, 3.05) is 77.0 Å². The summed E-state index contributed by atoms with van der Waals surface area (Å²) in [5, 5.41) is 13.8. The van der Waals surface area contributed by atoms with E-state index in [1.165, 1.54) is 4.68 Å². The predicted octanol–water partition coefficient (Wildman–Crippen LogP) is -0.579. The van der Waals surface area contributed by atoms with Gasteiger partial charge in [-0.25, -0.2) is 9.07 Å². The summed E-state index contributed by atoms with van der Waals surface area (Å²) < 4.78 is 15.2. The van der Waals surface area contributed by atoms with Gasteiger partial charge in [0.05, 0.1) is 12.6 Å². The van der Waals surface area contributed by atoms with Gasteiger partial charge >= 0.3 is 0 Å². The topological polar surface area (TPSA) is 124 Å². The quantitative estimate of drug-likeness (QED) is 0.429. The largest absolute Gasteiger partial charge is 0.381 e. The molecule has 12 heteroatoms. The van der Waals surface area contributed by atoms with E-state index >= 15 is 0 Å². The number of hydrogen-bond acceptors (Lipinski definition) is 8. The number of aromatic nitrogens is 2. The van der Waals surface area contributed by atoms with Crippen LogP contribution in [0.4, 0.5) is 16.0 Å². The van der Waals surface area contributed by atoms with E-state index in [0.717, 1.165) is 58.7 Å². The fourth-order valence-electron chi connectivity index (χ4n) is 6.30. The number of likely N-dealkylation sites (N-methyl/N-ethyl adjacent to an activating group) is 1. The summed E-state index contributed by atoms with van der Waals surface area (Å²) >= 11 is 0. The molecule has 36 heavy (non-hydrogen) atoms. The van der Waals surface area contributed by atoms with E-state index in [-0.39, 0.29) is 48.4 Å². The highest BCUT2D eigenvalue weighted by Gasteiger charge is 2.40. The van der Waals surface area contributed by atoms with Gasteiger partial charge in [-0.15, -0.1) is 0 Å². The summed E-state index contributed by atoms with van der Waals surface area (Å²) in [4.78, 5) is 33.2. The second kappa shape index (κ2) is 10.5. The number of nitrogens with two attached hydrogens (primary N) is 1. The number of piperazine rings is 1. The van der Waals surface area contributed by atoms with Crippen LogP contribution in [0.1, 0.15) is 30.1 Å². The smallest absolute Gasteiger partial charge is 0.259 e. The van der Waals surface area contributed by atoms with Crippen molar-refractivity contribution in [3.63, 3.8) is 0 Å². The number of nitrogens with zero attached hydrogens (tertiary/aromatic N) is 5. The zero-order valence-electron chi connectivity index (χ0n) is 21.4. The number of halogens is 1. The summed E-state index contributed by atoms with van der Waals surface area (Å²) in [7, 11) is 2.10. The van der Waals surface area contributed by atoms with Crippen molar-refractivity contribution in [1.82, 2.24) is 35.1 Å². The monoisotopic (exact) mass is 505 g/mol. The van der Waals surface area contributed by atoms with E-state index in [1.807, 2.05) is 4.90 Å². The van der Waals surface area contributed by atoms with Crippen LogP contribution in [0.5, 0.6) is 0 Å². The number of fused-ring (bicyclic) bond motifs is 1. The molecule has 4 atom stereocenters. The van der Waals surface area contributed by atoms with Gasteiger partial charge in [0.1, 0.15) is 17.6 Å². The molecule has 4 unspecified atom stereocenters. The molecule has 5 rings (SSSR count). The van der Waals surface area contributed by atoms with Crippen LogP contribution >= 0.6 is 0 Å². The zero-order valence-corrected chi connectivity index (χ0v) is 21.4. The molecule has 0 radical (unpaired) electrons. The Bertz CT molecular complexity index is 956. The van der Waals surface area contributed by atoms with Gasteiger partial charge in [-0.2, -0.15) is 5.10 Å². The van der Waals surface area contributed by atoms with E-state index in [4.69, 9.17) is 5.73 Å². The summed E-state index contributed by atoms with van der Waals surface area (Å²) in [6, 6.07) is 0.0456. The number of amides is 2. The Morgan fingerprint density at radius 2 is 1.81 bits per heavy atom. The second-order valence-electron chi connectivity index (χ2n) is 10.9. The molecular formula is C24H40FN9O2. The lowest BCUT2D eigenvalue weighted by atomic mass is 9.86. The molecule has 0 spiro atoms. The van der Waals surface area contributed by atoms with Crippen LogP contribution in [0, 0.1) is 11.8 Å². The van der Waals surface area contributed by atoms with Gasteiger partial charge in [-0.1, -0.05) is 6.92 Å². The van der Waals surface area contributed by atoms with Gasteiger partial charge in [0.25, 0.3) is 5.91 Å². The molecule has 200 valence electrons. The van der Waals surface area contributed by atoms with Crippen LogP contribution in [-0.2, 0) is 11.3 Å². The third-order valence-corrected chi connectivity index (χ3v) is 8.33. The average molecular weight is 506 g/mol. The molecule has 1 aromatic heterocycles. The Morgan fingerprint density at radius 1 is 1.08 bits per heavy atom. The minimum atomic E-state index is -1.06. The van der Waals surface area contributed by atoms with Crippen LogP contribution in [0.3, 0.4) is 0 Å². The first kappa shape index (κ1) is 25.2. The molecule has 0 saturated carbocycles. The number of likely N-dealkylation sites (tertiary alicyclic amines) is 1. The number of carbonyl (C=O) groups excluding carboxylic acids is 2. The molecule has 4 aliphatic rings. The van der Waals surface area contributed by atoms with Crippen molar-refractivity contribution >= 4 is 23.5 Å². The molecule has 0 aliphatic carbocycles. The first-order valence-electron chi connectivity index (χ1n) is 13.3. The zero-order chi connectivity index (χ0) is 25.4. The van der Waals surface area contributed by atoms with Gasteiger partial charge in [-0.3, -0.25) is 14.5 Å². The Hall–Kier alpha value is -2.44. The lowest BCUT2D eigenvalue weighted by molar-refractivity contribution is -0.139. The second-order valence-corrected chi connectivity index (χ2v) is 10.9. The standard InChI is InChI=1S/C24H40FN9O2/c1-15-11-27-13-18(29-23(35)19-21(26)30-34-14-17(25)12-28-22(19)34)20(15)32-5-3-16(4-6-32)24(36)33-9-7-31(2)8-10-33/h15-18,20,27-28H,3-14H2,1-2H3,(H2,26,30)(H,29,35). The lowest BCUT2D eigenvalue weighted by Crippen LogP contribution is -2.64. The molecule has 0 bridgehead atoms. The van der Waals surface area contributed by atoms with E-state index in [0.29, 0.717) is 24.2 Å². The summed E-state index contributed by atoms with van der Waals surface area (Å²) in [5.41, 5.74) is 6.36. The molecule has 0 aromatic carbocycles. The van der Waals surface area contributed by atoms with E-state index in [1.54, 1.807) is 0 Å². The van der Waals surface area contributed by atoms with Crippen molar-refractivity contribution in [3.8, 4) is 0 Å². The maximum Gasteiger partial charge on any atom is 0.259 e. The Kier molecular flexibility index (Phi) is 7.36. The van der Waals surface area contributed by atoms with Crippen LogP contribution in [0.2, 0.25) is 0 Å². The van der Waals surface area contributed by atoms with Gasteiger partial charge < -0.3 is 31.5 Å². The number of rotatable bonds is 4. The molecular weight excluding hydrogens is 465 g/mol. The van der Waals surface area contributed by atoms with Gasteiger partial charge in [-0.05, 0) is 45.4 Å². The number of piperidine rings is 2. The minimum Gasteiger partial charge on any atom is -0.381 e. The highest BCUT2D eigenvalue weighted by Crippen LogP contribution is 2.29. The first-order chi connectivity index (χ1) is 17.3. The van der Waals surface area contributed by atoms with Crippen LogP contribution < -0.4 is 21.7 Å². The molecule has 5 heterocycles. The number of nitrogens with one attached hydrogen (secondary N) is 3. The number of nitrogen functional groups attached to an aromatic ring is 1. The van der Waals surface area contributed by atoms with Gasteiger partial charge in [0.15, 0.2) is 5.82 Å². The molecule has 5 N–H and O–H groups in total. The highest BCUT2D eigenvalue weighted by atomic mass is 19.1. The maximum atomic E-state index is 13.8. The number of hydrogen-bond donors (Lipinski definition) is 4. The summed E-state index contributed by atoms with van der Waals surface area (Å²) in [5.74, 6) is 1.02. The Balaban J connectivity index is 1.22. The third-order valence-electron chi connectivity index (χ3n) is 8.33. The first-order valence-corrected chi connectivity index (χ1v) is 13.3. The fourth-order valence-corrected chi connectivity index (χ4v) is 6.30. The molecule has 1 aromatic rings. The van der Waals surface area contributed by atoms with E-state index in [9.17, 15) is 14.0 Å². The molecule has 3 saturated heterocycles. The number of anilines is 2. The Labute approximate surface area is 211 Å². The van der Waals surface area contributed by atoms with Crippen molar-refractivity contribution < 1.29 is 14.0 Å². The minimum absolute atomic E-state index is 0.0823. The SMILES string of the molecule is CC1CNCC(NC(=O)c2c(N)nn3c2NCC(F)C3)C1N1CCC(C(=O)N2CCN(C)CC2)CC1. The summed E-state index contributed by atoms with van der Waals surface area (Å²) in [6.45, 7) is 9.16. The number of carbonyl (C=O) groups is 2. The van der Waals surface area contributed by atoms with Crippen molar-refractivity contribution in [3.05, 3.63) is 5.56 Å². The van der Waals surface area contributed by atoms with Crippen molar-refractivity contribution in [2.24, 2.45) is 11.8 Å². The number of alkyl halides is 1. The van der Waals surface area contributed by atoms with Crippen LogP contribution in [0.15, 0.2) is 0 Å². The molecule has 4 aliphatic heterocycles. The molecule has 3 fully saturated rings. The Morgan fingerprint density at radius 3 is 2.53 bits per heavy atom. The fraction of sp³-hybridized carbons (Fsp3) is 0.792. The third kappa shape index (κ3) is 5.03. The van der Waals surface area contributed by atoms with E-state index in [2.05, 4.69) is 44.8 Å². The highest BCUT2D eigenvalue weighted by molar-refractivity contribution is 6.03. The van der Waals surface area contributed by atoms with E-state index < -0.39 is 6.17 Å². The normalized spacial score (nSPS) is 30.5. The van der Waals surface area contributed by atoms with Gasteiger partial charge in [0, 0.05) is 51.2 Å². The van der Waals surface area contributed by atoms with Gasteiger partial charge in [0.2, 0.25) is 5.91 Å². The lowest BCUT2D eigenvalue weighted by Gasteiger charge is -2.47. The maximum absolute atomic E-state index is 13.8. The van der Waals surface area contributed by atoms with Crippen molar-refractivity contribution in [2.45, 2.75) is 44.6 Å². The molecule has 11 nitrogen and oxygen atoms in total. The van der Waals surface area contributed by atoms with Crippen molar-refractivity contribution in [1.29, 1.82) is 0 Å². The molecule has 2 amide bonds. The van der Waals surface area contributed by atoms with Crippen LogP contribution in [0.25, 0.3) is 0 Å². The van der Waals surface area contributed by atoms with Crippen LogP contribution in [-0.4, -0.2) is 121 Å².